The molecule has 0 N–H and O–H groups in total. The van der Waals surface area contributed by atoms with E-state index in [1.165, 1.54) is 10.6 Å². The second kappa shape index (κ2) is 7.72. The molecular weight excluding hydrogens is 425 g/mol. The lowest BCUT2D eigenvalue weighted by Gasteiger charge is -2.29. The average Bonchev–Trinajstić information content (AvgIpc) is 3.19. The number of carbonyl (C=O) groups excluding carboxylic acids is 1. The van der Waals surface area contributed by atoms with Gasteiger partial charge in [-0.2, -0.15) is 18.3 Å². The van der Waals surface area contributed by atoms with E-state index >= 15 is 0 Å². The number of alkyl halides is 5. The number of rotatable bonds is 3. The van der Waals surface area contributed by atoms with Crippen molar-refractivity contribution in [3.05, 3.63) is 45.9 Å². The molecule has 2 aromatic rings. The summed E-state index contributed by atoms with van der Waals surface area (Å²) in [6.45, 7) is 1.04. The minimum absolute atomic E-state index is 0.00869. The molecule has 1 saturated heterocycles. The van der Waals surface area contributed by atoms with Crippen LogP contribution in [0.2, 0.25) is 0 Å². The Bertz CT molecular complexity index is 1020. The van der Waals surface area contributed by atoms with Gasteiger partial charge in [0, 0.05) is 12.6 Å². The highest BCUT2D eigenvalue weighted by atomic mass is 19.4. The third-order valence-corrected chi connectivity index (χ3v) is 5.64. The number of carbonyl (C=O) groups is 1. The quantitative estimate of drug-likeness (QED) is 0.679. The summed E-state index contributed by atoms with van der Waals surface area (Å²) in [6.07, 6.45) is -6.31. The van der Waals surface area contributed by atoms with Crippen LogP contribution in [0.1, 0.15) is 36.5 Å². The van der Waals surface area contributed by atoms with E-state index in [2.05, 4.69) is 10.1 Å². The van der Waals surface area contributed by atoms with Crippen LogP contribution in [0.3, 0.4) is 0 Å². The molecule has 2 aliphatic rings. The highest BCUT2D eigenvalue weighted by Crippen LogP contribution is 2.30. The number of nitrogens with zero attached hydrogens (tertiary/aromatic N) is 5. The fraction of sp³-hybridized carbons (Fsp3) is 0.579. The van der Waals surface area contributed by atoms with E-state index in [4.69, 9.17) is 0 Å². The molecule has 0 spiro atoms. The van der Waals surface area contributed by atoms with Crippen LogP contribution in [0.5, 0.6) is 0 Å². The summed E-state index contributed by atoms with van der Waals surface area (Å²) in [5.41, 5.74) is -1.32. The van der Waals surface area contributed by atoms with Gasteiger partial charge in [0.15, 0.2) is 12.3 Å². The number of hydrogen-bond acceptors (Lipinski definition) is 4. The first-order chi connectivity index (χ1) is 14.5. The predicted octanol–water partition coefficient (Wildman–Crippen LogP) is 2.15. The smallest absolute Gasteiger partial charge is 0.335 e. The van der Waals surface area contributed by atoms with Gasteiger partial charge in [-0.25, -0.2) is 18.3 Å². The minimum Gasteiger partial charge on any atom is -0.335 e. The summed E-state index contributed by atoms with van der Waals surface area (Å²) in [6, 6.07) is 1.10. The van der Waals surface area contributed by atoms with E-state index in [0.29, 0.717) is 24.2 Å². The molecule has 4 heterocycles. The van der Waals surface area contributed by atoms with Crippen LogP contribution in [-0.4, -0.2) is 55.6 Å². The Balaban J connectivity index is 1.60. The van der Waals surface area contributed by atoms with Crippen LogP contribution in [-0.2, 0) is 23.9 Å². The van der Waals surface area contributed by atoms with Crippen molar-refractivity contribution in [3.8, 4) is 0 Å². The maximum Gasteiger partial charge on any atom is 0.433 e. The van der Waals surface area contributed by atoms with Crippen LogP contribution in [0.15, 0.2) is 23.1 Å². The Kier molecular flexibility index (Phi) is 5.34. The van der Waals surface area contributed by atoms with Crippen molar-refractivity contribution in [1.29, 1.82) is 0 Å². The van der Waals surface area contributed by atoms with Crippen LogP contribution < -0.4 is 5.69 Å². The molecule has 0 aromatic carbocycles. The number of hydrogen-bond donors (Lipinski definition) is 0. The molecule has 4 rings (SSSR count). The first kappa shape index (κ1) is 21.4. The molecule has 1 amide bonds. The van der Waals surface area contributed by atoms with E-state index in [-0.39, 0.29) is 25.6 Å². The third kappa shape index (κ3) is 4.07. The van der Waals surface area contributed by atoms with Crippen molar-refractivity contribution < 1.29 is 26.7 Å². The molecule has 0 saturated carbocycles. The molecule has 2 aromatic heterocycles. The van der Waals surface area contributed by atoms with Crippen molar-refractivity contribution >= 4 is 5.91 Å². The largest absolute Gasteiger partial charge is 0.433 e. The van der Waals surface area contributed by atoms with Gasteiger partial charge in [0.05, 0.1) is 19.6 Å². The Morgan fingerprint density at radius 2 is 1.87 bits per heavy atom. The van der Waals surface area contributed by atoms with Gasteiger partial charge < -0.3 is 4.90 Å². The van der Waals surface area contributed by atoms with E-state index < -0.39 is 41.9 Å². The number of pyridine rings is 1. The molecule has 4 atom stereocenters. The summed E-state index contributed by atoms with van der Waals surface area (Å²) in [5, 5.41) is 4.25. The van der Waals surface area contributed by atoms with Gasteiger partial charge in [-0.05, 0) is 24.0 Å². The topological polar surface area (TPSA) is 73.0 Å². The van der Waals surface area contributed by atoms with Gasteiger partial charge in [-0.1, -0.05) is 13.0 Å². The maximum atomic E-state index is 13.6. The molecular formula is C19H20F5N5O2. The fourth-order valence-corrected chi connectivity index (χ4v) is 4.09. The molecule has 0 aliphatic carbocycles. The highest BCUT2D eigenvalue weighted by Gasteiger charge is 2.41. The molecule has 4 unspecified atom stereocenters. The highest BCUT2D eigenvalue weighted by molar-refractivity contribution is 5.81. The first-order valence-electron chi connectivity index (χ1n) is 9.82. The molecule has 0 bridgehead atoms. The van der Waals surface area contributed by atoms with Crippen molar-refractivity contribution in [3.63, 3.8) is 0 Å². The molecule has 1 fully saturated rings. The van der Waals surface area contributed by atoms with Crippen molar-refractivity contribution in [2.24, 2.45) is 5.92 Å². The SMILES string of the molecule is CC1Cc2nn(Cc3ccc(C(F)(F)F)nc3)c(=O)n2C(C(=O)N2CC(F)C(F)C2)C1. The van der Waals surface area contributed by atoms with Gasteiger partial charge in [-0.15, -0.1) is 0 Å². The monoisotopic (exact) mass is 445 g/mol. The molecule has 7 nitrogen and oxygen atoms in total. The fourth-order valence-electron chi connectivity index (χ4n) is 4.09. The number of halogens is 5. The number of aromatic nitrogens is 4. The first-order valence-corrected chi connectivity index (χ1v) is 9.82. The van der Waals surface area contributed by atoms with Gasteiger partial charge in [0.2, 0.25) is 5.91 Å². The zero-order chi connectivity index (χ0) is 22.5. The molecule has 31 heavy (non-hydrogen) atoms. The van der Waals surface area contributed by atoms with Gasteiger partial charge in [-0.3, -0.25) is 14.3 Å². The van der Waals surface area contributed by atoms with Crippen molar-refractivity contribution in [2.45, 2.75) is 50.9 Å². The predicted molar refractivity (Wildman–Crippen MR) is 97.7 cm³/mol. The summed E-state index contributed by atoms with van der Waals surface area (Å²) < 4.78 is 67.5. The lowest BCUT2D eigenvalue weighted by atomic mass is 9.93. The summed E-state index contributed by atoms with van der Waals surface area (Å²) in [5.74, 6) is -0.169. The average molecular weight is 445 g/mol. The lowest BCUT2D eigenvalue weighted by Crippen LogP contribution is -2.43. The second-order valence-electron chi connectivity index (χ2n) is 8.11. The Hall–Kier alpha value is -2.79. The Morgan fingerprint density at radius 3 is 2.45 bits per heavy atom. The van der Waals surface area contributed by atoms with Crippen LogP contribution in [0, 0.1) is 5.92 Å². The zero-order valence-electron chi connectivity index (χ0n) is 16.5. The molecule has 168 valence electrons. The van der Waals surface area contributed by atoms with Crippen LogP contribution >= 0.6 is 0 Å². The molecule has 0 radical (unpaired) electrons. The molecule has 2 aliphatic heterocycles. The second-order valence-corrected chi connectivity index (χ2v) is 8.11. The lowest BCUT2D eigenvalue weighted by molar-refractivity contribution is -0.141. The van der Waals surface area contributed by atoms with Gasteiger partial charge in [0.1, 0.15) is 17.6 Å². The summed E-state index contributed by atoms with van der Waals surface area (Å²) in [4.78, 5) is 30.3. The Labute approximate surface area is 173 Å². The van der Waals surface area contributed by atoms with E-state index in [9.17, 15) is 31.5 Å². The van der Waals surface area contributed by atoms with E-state index in [0.717, 1.165) is 21.8 Å². The van der Waals surface area contributed by atoms with Crippen LogP contribution in [0.4, 0.5) is 22.0 Å². The third-order valence-electron chi connectivity index (χ3n) is 5.64. The van der Waals surface area contributed by atoms with Crippen LogP contribution in [0.25, 0.3) is 0 Å². The number of fused-ring (bicyclic) bond motifs is 1. The normalized spacial score (nSPS) is 26.2. The maximum absolute atomic E-state index is 13.6. The minimum atomic E-state index is -4.57. The molecule has 12 heteroatoms. The number of likely N-dealkylation sites (tertiary alicyclic amines) is 1. The summed E-state index contributed by atoms with van der Waals surface area (Å²) in [7, 11) is 0. The van der Waals surface area contributed by atoms with Crippen molar-refractivity contribution in [2.75, 3.05) is 13.1 Å². The van der Waals surface area contributed by atoms with E-state index in [1.54, 1.807) is 0 Å². The van der Waals surface area contributed by atoms with Gasteiger partial charge >= 0.3 is 11.9 Å². The zero-order valence-corrected chi connectivity index (χ0v) is 16.5. The van der Waals surface area contributed by atoms with Gasteiger partial charge in [0.25, 0.3) is 0 Å². The summed E-state index contributed by atoms with van der Waals surface area (Å²) >= 11 is 0. The van der Waals surface area contributed by atoms with Crippen molar-refractivity contribution in [1.82, 2.24) is 24.2 Å². The van der Waals surface area contributed by atoms with E-state index in [1.807, 2.05) is 6.92 Å². The Morgan fingerprint density at radius 1 is 1.19 bits per heavy atom. The number of amides is 1. The standard InChI is InChI=1S/C19H20F5N5O2/c1-10-4-14(17(30)27-8-12(20)13(21)9-27)29-16(5-10)26-28(18(29)31)7-11-2-3-15(25-6-11)19(22,23)24/h2-3,6,10,12-14H,4-5,7-9H2,1H3.